The van der Waals surface area contributed by atoms with Crippen LogP contribution in [0.4, 0.5) is 0 Å². The Morgan fingerprint density at radius 3 is 2.57 bits per heavy atom. The Morgan fingerprint density at radius 2 is 2.10 bits per heavy atom. The Bertz CT molecular complexity index is 532. The Balaban J connectivity index is 2.55. The summed E-state index contributed by atoms with van der Waals surface area (Å²) < 4.78 is 10.6. The topological polar surface area (TPSA) is 96.2 Å². The molecule has 116 valence electrons. The number of carboxylic acid groups (broad SMARTS) is 1. The van der Waals surface area contributed by atoms with Crippen molar-refractivity contribution >= 4 is 17.7 Å². The molecule has 7 heteroatoms. The van der Waals surface area contributed by atoms with Crippen LogP contribution in [0.5, 0.6) is 11.5 Å². The molecule has 6 nitrogen and oxygen atoms in total. The van der Waals surface area contributed by atoms with Gasteiger partial charge in [0.25, 0.3) is 0 Å². The van der Waals surface area contributed by atoms with Gasteiger partial charge in [-0.25, -0.2) is 4.79 Å². The summed E-state index contributed by atoms with van der Waals surface area (Å²) in [5, 5.41) is 28.6. The van der Waals surface area contributed by atoms with Gasteiger partial charge in [0.15, 0.2) is 0 Å². The molecule has 3 N–H and O–H groups in total. The summed E-state index contributed by atoms with van der Waals surface area (Å²) in [6, 6.07) is 2.98. The molecular weight excluding hydrogens is 296 g/mol. The number of aromatic carboxylic acids is 1. The Labute approximate surface area is 126 Å². The number of hydrogen-bond acceptors (Lipinski definition) is 6. The molecule has 1 heterocycles. The first-order valence-electron chi connectivity index (χ1n) is 6.43. The van der Waals surface area contributed by atoms with Crippen molar-refractivity contribution < 1.29 is 29.6 Å². The van der Waals surface area contributed by atoms with E-state index < -0.39 is 12.1 Å². The first-order chi connectivity index (χ1) is 10.0. The van der Waals surface area contributed by atoms with Crippen LogP contribution in [0.2, 0.25) is 0 Å². The molecule has 0 aromatic heterocycles. The van der Waals surface area contributed by atoms with Crippen LogP contribution >= 0.6 is 11.8 Å². The number of methoxy groups -OCH3 is 2. The minimum Gasteiger partial charge on any atom is -0.496 e. The summed E-state index contributed by atoms with van der Waals surface area (Å²) in [5.41, 5.74) is 0.564. The Morgan fingerprint density at radius 1 is 1.38 bits per heavy atom. The fourth-order valence-corrected chi connectivity index (χ4v) is 3.91. The number of thioether (sulfide) groups is 1. The van der Waals surface area contributed by atoms with Crippen LogP contribution in [0, 0.1) is 0 Å². The van der Waals surface area contributed by atoms with Gasteiger partial charge in [-0.3, -0.25) is 0 Å². The summed E-state index contributed by atoms with van der Waals surface area (Å²) in [6.07, 6.45) is -0.785. The van der Waals surface area contributed by atoms with Gasteiger partial charge in [0.05, 0.1) is 32.2 Å². The lowest BCUT2D eigenvalue weighted by Crippen LogP contribution is -2.27. The maximum Gasteiger partial charge on any atom is 0.339 e. The molecule has 0 amide bonds. The third-order valence-electron chi connectivity index (χ3n) is 3.64. The average molecular weight is 314 g/mol. The molecule has 0 spiro atoms. The van der Waals surface area contributed by atoms with Gasteiger partial charge in [-0.2, -0.15) is 11.8 Å². The Kier molecular flexibility index (Phi) is 4.97. The molecule has 3 atom stereocenters. The van der Waals surface area contributed by atoms with Crippen LogP contribution < -0.4 is 9.47 Å². The lowest BCUT2D eigenvalue weighted by Gasteiger charge is -2.23. The predicted octanol–water partition coefficient (Wildman–Crippen LogP) is 0.954. The number of aliphatic hydroxyl groups excluding tert-OH is 2. The molecule has 0 aliphatic carbocycles. The number of hydrogen-bond donors (Lipinski definition) is 3. The second kappa shape index (κ2) is 6.55. The highest BCUT2D eigenvalue weighted by atomic mass is 32.2. The van der Waals surface area contributed by atoms with E-state index in [1.807, 2.05) is 0 Å². The molecule has 0 unspecified atom stereocenters. The van der Waals surface area contributed by atoms with Gasteiger partial charge in [0.1, 0.15) is 17.1 Å². The maximum atomic E-state index is 11.3. The average Bonchev–Trinajstić information content (AvgIpc) is 2.85. The zero-order valence-corrected chi connectivity index (χ0v) is 12.6. The van der Waals surface area contributed by atoms with Gasteiger partial charge in [0.2, 0.25) is 0 Å². The fraction of sp³-hybridized carbons (Fsp3) is 0.500. The summed E-state index contributed by atoms with van der Waals surface area (Å²) in [4.78, 5) is 11.3. The van der Waals surface area contributed by atoms with Crippen molar-refractivity contribution in [3.05, 3.63) is 23.3 Å². The normalized spacial score (nSPS) is 24.9. The highest BCUT2D eigenvalue weighted by Gasteiger charge is 2.40. The smallest absolute Gasteiger partial charge is 0.339 e. The van der Waals surface area contributed by atoms with Crippen LogP contribution in [-0.2, 0) is 0 Å². The van der Waals surface area contributed by atoms with Gasteiger partial charge in [-0.05, 0) is 12.1 Å². The molecule has 0 bridgehead atoms. The van der Waals surface area contributed by atoms with Crippen molar-refractivity contribution in [1.29, 1.82) is 0 Å². The van der Waals surface area contributed by atoms with Gasteiger partial charge in [0, 0.05) is 17.2 Å². The molecule has 1 aromatic carbocycles. The molecule has 1 aliphatic rings. The van der Waals surface area contributed by atoms with Gasteiger partial charge in [-0.15, -0.1) is 0 Å². The van der Waals surface area contributed by atoms with Crippen LogP contribution in [0.15, 0.2) is 12.1 Å². The highest BCUT2D eigenvalue weighted by molar-refractivity contribution is 8.00. The van der Waals surface area contributed by atoms with Gasteiger partial charge >= 0.3 is 5.97 Å². The Hall–Kier alpha value is -1.44. The van der Waals surface area contributed by atoms with E-state index >= 15 is 0 Å². The second-order valence-electron chi connectivity index (χ2n) is 4.72. The predicted molar refractivity (Wildman–Crippen MR) is 78.6 cm³/mol. The van der Waals surface area contributed by atoms with E-state index in [-0.39, 0.29) is 29.1 Å². The van der Waals surface area contributed by atoms with Gasteiger partial charge in [-0.1, -0.05) is 0 Å². The highest BCUT2D eigenvalue weighted by Crippen LogP contribution is 2.46. The van der Waals surface area contributed by atoms with Crippen LogP contribution in [0.1, 0.15) is 21.8 Å². The van der Waals surface area contributed by atoms with Crippen molar-refractivity contribution in [2.45, 2.75) is 17.3 Å². The first-order valence-corrected chi connectivity index (χ1v) is 7.48. The number of ether oxygens (including phenoxy) is 2. The number of benzene rings is 1. The molecule has 1 aliphatic heterocycles. The molecule has 0 radical (unpaired) electrons. The van der Waals surface area contributed by atoms with Crippen molar-refractivity contribution in [1.82, 2.24) is 0 Å². The van der Waals surface area contributed by atoms with Crippen molar-refractivity contribution in [3.63, 3.8) is 0 Å². The number of carbonyl (C=O) groups is 1. The third-order valence-corrected chi connectivity index (χ3v) is 5.05. The van der Waals surface area contributed by atoms with E-state index in [1.54, 1.807) is 6.07 Å². The van der Waals surface area contributed by atoms with E-state index in [0.29, 0.717) is 17.1 Å². The summed E-state index contributed by atoms with van der Waals surface area (Å²) >= 11 is 1.45. The van der Waals surface area contributed by atoms with Crippen molar-refractivity contribution in [2.75, 3.05) is 26.6 Å². The third kappa shape index (κ3) is 2.81. The van der Waals surface area contributed by atoms with E-state index in [9.17, 15) is 20.1 Å². The minimum absolute atomic E-state index is 0.0259. The van der Waals surface area contributed by atoms with E-state index in [1.165, 1.54) is 32.0 Å². The summed E-state index contributed by atoms with van der Waals surface area (Å²) in [7, 11) is 2.87. The number of rotatable bonds is 5. The first kappa shape index (κ1) is 15.9. The van der Waals surface area contributed by atoms with Crippen LogP contribution in [0.25, 0.3) is 0 Å². The molecular formula is C14H18O6S. The molecule has 21 heavy (non-hydrogen) atoms. The van der Waals surface area contributed by atoms with Crippen LogP contribution in [0.3, 0.4) is 0 Å². The lowest BCUT2D eigenvalue weighted by molar-refractivity contribution is 0.0692. The number of aliphatic hydroxyl groups is 2. The second-order valence-corrected chi connectivity index (χ2v) is 5.99. The molecule has 1 saturated heterocycles. The molecule has 1 aromatic rings. The zero-order chi connectivity index (χ0) is 15.6. The van der Waals surface area contributed by atoms with E-state index in [0.717, 1.165) is 0 Å². The standard InChI is InChI=1S/C14H18O6S/c1-19-9-4-3-7(14(17)18)13(20-2)11(9)8-6-21-10(5-15)12(8)16/h3-4,8,10,12,15-16H,5-6H2,1-2H3,(H,17,18)/t8-,10-,12+/m1/s1. The summed E-state index contributed by atoms with van der Waals surface area (Å²) in [6.45, 7) is -0.133. The minimum atomic E-state index is -1.10. The molecule has 2 rings (SSSR count). The maximum absolute atomic E-state index is 11.3. The zero-order valence-electron chi connectivity index (χ0n) is 11.8. The van der Waals surface area contributed by atoms with Crippen molar-refractivity contribution in [3.8, 4) is 11.5 Å². The largest absolute Gasteiger partial charge is 0.496 e. The molecule has 0 saturated carbocycles. The SMILES string of the molecule is COc1ccc(C(=O)O)c(OC)c1[C@H]1CS[C@H](CO)[C@H]1O. The number of carboxylic acids is 1. The van der Waals surface area contributed by atoms with E-state index in [2.05, 4.69) is 0 Å². The molecule has 1 fully saturated rings. The van der Waals surface area contributed by atoms with Crippen molar-refractivity contribution in [2.24, 2.45) is 0 Å². The lowest BCUT2D eigenvalue weighted by atomic mass is 9.90. The summed E-state index contributed by atoms with van der Waals surface area (Å²) in [5.74, 6) is -0.224. The quantitative estimate of drug-likeness (QED) is 0.744. The van der Waals surface area contributed by atoms with E-state index in [4.69, 9.17) is 9.47 Å². The van der Waals surface area contributed by atoms with Gasteiger partial charge < -0.3 is 24.8 Å². The van der Waals surface area contributed by atoms with Crippen LogP contribution in [-0.4, -0.2) is 59.2 Å². The monoisotopic (exact) mass is 314 g/mol. The fourth-order valence-electron chi connectivity index (χ4n) is 2.60.